The van der Waals surface area contributed by atoms with Crippen LogP contribution >= 0.6 is 0 Å². The van der Waals surface area contributed by atoms with Crippen molar-refractivity contribution in [2.75, 3.05) is 19.0 Å². The van der Waals surface area contributed by atoms with Gasteiger partial charge in [0.1, 0.15) is 11.4 Å². The summed E-state index contributed by atoms with van der Waals surface area (Å²) in [5.41, 5.74) is 2.91. The number of rotatable bonds is 6. The summed E-state index contributed by atoms with van der Waals surface area (Å²) in [4.78, 5) is 16.4. The van der Waals surface area contributed by atoms with Gasteiger partial charge in [0.25, 0.3) is 0 Å². The highest BCUT2D eigenvalue weighted by Gasteiger charge is 2.09. The summed E-state index contributed by atoms with van der Waals surface area (Å²) in [6, 6.07) is 11.0. The van der Waals surface area contributed by atoms with Crippen LogP contribution in [-0.2, 0) is 13.0 Å². The van der Waals surface area contributed by atoms with Gasteiger partial charge in [-0.25, -0.2) is 9.78 Å². The topological polar surface area (TPSA) is 68.2 Å². The molecule has 2 aromatic heterocycles. The number of carbonyl (C=O) groups is 1. The van der Waals surface area contributed by atoms with Gasteiger partial charge >= 0.3 is 6.03 Å². The molecule has 0 radical (unpaired) electrons. The van der Waals surface area contributed by atoms with Crippen LogP contribution in [-0.4, -0.2) is 29.2 Å². The molecular weight excluding hydrogens is 316 g/mol. The van der Waals surface area contributed by atoms with Crippen molar-refractivity contribution in [1.82, 2.24) is 14.9 Å². The van der Waals surface area contributed by atoms with Gasteiger partial charge in [-0.1, -0.05) is 0 Å². The zero-order valence-electron chi connectivity index (χ0n) is 14.5. The van der Waals surface area contributed by atoms with Crippen LogP contribution in [0.15, 0.2) is 48.8 Å². The number of nitrogens with one attached hydrogen (secondary N) is 2. The molecule has 2 N–H and O–H groups in total. The fourth-order valence-corrected chi connectivity index (χ4v) is 2.80. The lowest BCUT2D eigenvalue weighted by Gasteiger charge is -2.08. The fraction of sp³-hybridized carbons (Fsp3) is 0.263. The summed E-state index contributed by atoms with van der Waals surface area (Å²) in [6.45, 7) is 3.52. The molecule has 0 unspecified atom stereocenters. The predicted octanol–water partition coefficient (Wildman–Crippen LogP) is 3.43. The van der Waals surface area contributed by atoms with Gasteiger partial charge in [0.15, 0.2) is 0 Å². The molecule has 1 aromatic carbocycles. The molecule has 2 amide bonds. The third kappa shape index (κ3) is 3.91. The van der Waals surface area contributed by atoms with Crippen molar-refractivity contribution >= 4 is 22.8 Å². The van der Waals surface area contributed by atoms with Crippen molar-refractivity contribution in [3.05, 3.63) is 54.4 Å². The average molecular weight is 338 g/mol. The Bertz CT molecular complexity index is 855. The molecule has 130 valence electrons. The van der Waals surface area contributed by atoms with Crippen LogP contribution in [0, 0.1) is 0 Å². The number of nitrogens with zero attached hydrogens (tertiary/aromatic N) is 2. The summed E-state index contributed by atoms with van der Waals surface area (Å²) in [5.74, 6) is 0.756. The van der Waals surface area contributed by atoms with E-state index in [1.54, 1.807) is 25.4 Å². The first-order chi connectivity index (χ1) is 12.2. The van der Waals surface area contributed by atoms with Crippen LogP contribution < -0.4 is 15.4 Å². The number of hydrogen-bond acceptors (Lipinski definition) is 3. The molecule has 0 aliphatic carbocycles. The Hall–Kier alpha value is -3.02. The third-order valence-corrected chi connectivity index (χ3v) is 4.08. The van der Waals surface area contributed by atoms with Gasteiger partial charge < -0.3 is 19.9 Å². The largest absolute Gasteiger partial charge is 0.497 e. The van der Waals surface area contributed by atoms with E-state index >= 15 is 0 Å². The van der Waals surface area contributed by atoms with E-state index in [-0.39, 0.29) is 6.03 Å². The Morgan fingerprint density at radius 3 is 2.76 bits per heavy atom. The molecule has 0 aliphatic heterocycles. The minimum Gasteiger partial charge on any atom is -0.497 e. The zero-order valence-corrected chi connectivity index (χ0v) is 14.5. The Morgan fingerprint density at radius 2 is 2.04 bits per heavy atom. The molecule has 25 heavy (non-hydrogen) atoms. The van der Waals surface area contributed by atoms with Crippen LogP contribution in [0.4, 0.5) is 10.5 Å². The van der Waals surface area contributed by atoms with E-state index in [0.29, 0.717) is 6.54 Å². The number of anilines is 1. The second-order valence-corrected chi connectivity index (χ2v) is 5.67. The summed E-state index contributed by atoms with van der Waals surface area (Å²) < 4.78 is 7.23. The normalized spacial score (nSPS) is 10.6. The first kappa shape index (κ1) is 16.8. The first-order valence-electron chi connectivity index (χ1n) is 8.33. The average Bonchev–Trinajstić information content (AvgIpc) is 3.00. The maximum absolute atomic E-state index is 12.0. The zero-order chi connectivity index (χ0) is 17.6. The number of amides is 2. The number of benzene rings is 1. The molecule has 0 aliphatic rings. The van der Waals surface area contributed by atoms with E-state index in [0.717, 1.165) is 35.4 Å². The van der Waals surface area contributed by atoms with Gasteiger partial charge in [-0.15, -0.1) is 0 Å². The molecular formula is C19H22N4O2. The first-order valence-corrected chi connectivity index (χ1v) is 8.33. The van der Waals surface area contributed by atoms with Crippen molar-refractivity contribution in [1.29, 1.82) is 0 Å². The Labute approximate surface area is 146 Å². The summed E-state index contributed by atoms with van der Waals surface area (Å²) >= 11 is 0. The fourth-order valence-electron chi connectivity index (χ4n) is 2.80. The number of pyridine rings is 1. The van der Waals surface area contributed by atoms with Crippen molar-refractivity contribution in [2.45, 2.75) is 19.9 Å². The lowest BCUT2D eigenvalue weighted by atomic mass is 10.1. The predicted molar refractivity (Wildman–Crippen MR) is 99.1 cm³/mol. The second-order valence-electron chi connectivity index (χ2n) is 5.67. The maximum atomic E-state index is 12.0. The summed E-state index contributed by atoms with van der Waals surface area (Å²) in [7, 11) is 1.61. The lowest BCUT2D eigenvalue weighted by Crippen LogP contribution is -2.30. The molecule has 0 atom stereocenters. The highest BCUT2D eigenvalue weighted by Crippen LogP contribution is 2.19. The summed E-state index contributed by atoms with van der Waals surface area (Å²) in [5, 5.41) is 6.84. The molecule has 6 nitrogen and oxygen atoms in total. The van der Waals surface area contributed by atoms with Crippen LogP contribution in [0.5, 0.6) is 5.75 Å². The number of fused-ring (bicyclic) bond motifs is 1. The van der Waals surface area contributed by atoms with Crippen LogP contribution in [0.1, 0.15) is 12.5 Å². The van der Waals surface area contributed by atoms with Gasteiger partial charge in [-0.3, -0.25) is 0 Å². The standard InChI is InChI=1S/C19H22N4O2/c1-3-23-13-14(17-5-4-11-20-18(17)23)10-12-21-19(24)22-15-6-8-16(25-2)9-7-15/h4-9,11,13H,3,10,12H2,1-2H3,(H2,21,22,24). The monoisotopic (exact) mass is 338 g/mol. The number of carbonyl (C=O) groups excluding carboxylic acids is 1. The highest BCUT2D eigenvalue weighted by atomic mass is 16.5. The van der Waals surface area contributed by atoms with Crippen molar-refractivity contribution in [3.8, 4) is 5.75 Å². The lowest BCUT2D eigenvalue weighted by molar-refractivity contribution is 0.252. The highest BCUT2D eigenvalue weighted by molar-refractivity contribution is 5.89. The molecule has 2 heterocycles. The minimum absolute atomic E-state index is 0.220. The SMILES string of the molecule is CCn1cc(CCNC(=O)Nc2ccc(OC)cc2)c2cccnc21. The molecule has 0 saturated carbocycles. The molecule has 3 aromatic rings. The molecule has 3 rings (SSSR count). The number of ether oxygens (including phenoxy) is 1. The van der Waals surface area contributed by atoms with E-state index in [9.17, 15) is 4.79 Å². The van der Waals surface area contributed by atoms with E-state index in [1.165, 1.54) is 5.56 Å². The molecule has 0 saturated heterocycles. The van der Waals surface area contributed by atoms with Gasteiger partial charge in [0, 0.05) is 36.6 Å². The van der Waals surface area contributed by atoms with Crippen molar-refractivity contribution in [3.63, 3.8) is 0 Å². The van der Waals surface area contributed by atoms with E-state index in [4.69, 9.17) is 4.74 Å². The van der Waals surface area contributed by atoms with Crippen LogP contribution in [0.3, 0.4) is 0 Å². The third-order valence-electron chi connectivity index (χ3n) is 4.08. The Balaban J connectivity index is 1.56. The van der Waals surface area contributed by atoms with Gasteiger partial charge in [0.05, 0.1) is 7.11 Å². The molecule has 6 heteroatoms. The number of urea groups is 1. The van der Waals surface area contributed by atoms with Gasteiger partial charge in [-0.05, 0) is 55.3 Å². The second kappa shape index (κ2) is 7.70. The Kier molecular flexibility index (Phi) is 5.18. The number of hydrogen-bond donors (Lipinski definition) is 2. The Morgan fingerprint density at radius 1 is 1.24 bits per heavy atom. The number of aromatic nitrogens is 2. The minimum atomic E-state index is -0.220. The van der Waals surface area contributed by atoms with Gasteiger partial charge in [-0.2, -0.15) is 0 Å². The van der Waals surface area contributed by atoms with Gasteiger partial charge in [0.2, 0.25) is 0 Å². The van der Waals surface area contributed by atoms with E-state index in [2.05, 4.69) is 39.4 Å². The van der Waals surface area contributed by atoms with Crippen LogP contribution in [0.25, 0.3) is 11.0 Å². The van der Waals surface area contributed by atoms with E-state index in [1.807, 2.05) is 18.2 Å². The summed E-state index contributed by atoms with van der Waals surface area (Å²) in [6.07, 6.45) is 4.67. The molecule has 0 fully saturated rings. The van der Waals surface area contributed by atoms with Crippen LogP contribution in [0.2, 0.25) is 0 Å². The number of methoxy groups -OCH3 is 1. The number of aryl methyl sites for hydroxylation is 1. The quantitative estimate of drug-likeness (QED) is 0.723. The molecule has 0 bridgehead atoms. The molecule has 0 spiro atoms. The maximum Gasteiger partial charge on any atom is 0.319 e. The van der Waals surface area contributed by atoms with Crippen molar-refractivity contribution < 1.29 is 9.53 Å². The smallest absolute Gasteiger partial charge is 0.319 e. The van der Waals surface area contributed by atoms with E-state index < -0.39 is 0 Å². The van der Waals surface area contributed by atoms with Crippen molar-refractivity contribution in [2.24, 2.45) is 0 Å².